The minimum Gasteiger partial charge on any atom is -0.448 e. The molecule has 2 aromatic heterocycles. The van der Waals surface area contributed by atoms with Gasteiger partial charge in [-0.2, -0.15) is 0 Å². The number of likely N-dealkylation sites (tertiary alicyclic amines) is 1. The van der Waals surface area contributed by atoms with Gasteiger partial charge in [-0.3, -0.25) is 9.69 Å². The van der Waals surface area contributed by atoms with Gasteiger partial charge in [0.25, 0.3) is 5.91 Å². The summed E-state index contributed by atoms with van der Waals surface area (Å²) in [6.45, 7) is 6.73. The van der Waals surface area contributed by atoms with Crippen LogP contribution in [0.25, 0.3) is 0 Å². The van der Waals surface area contributed by atoms with E-state index in [9.17, 15) is 4.79 Å². The number of rotatable bonds is 4. The molecule has 1 N–H and O–H groups in total. The van der Waals surface area contributed by atoms with E-state index in [4.69, 9.17) is 4.42 Å². The number of carbonyl (C=O) groups is 1. The van der Waals surface area contributed by atoms with Gasteiger partial charge in [-0.05, 0) is 38.8 Å². The van der Waals surface area contributed by atoms with Crippen molar-refractivity contribution in [2.24, 2.45) is 0 Å². The highest BCUT2D eigenvalue weighted by molar-refractivity contribution is 7.13. The smallest absolute Gasteiger partial charge is 0.261 e. The van der Waals surface area contributed by atoms with Gasteiger partial charge in [-0.15, -0.1) is 11.3 Å². The molecule has 3 rings (SSSR count). The normalized spacial score (nSPS) is 16.8. The number of piperidine rings is 1. The van der Waals surface area contributed by atoms with Gasteiger partial charge in [0.1, 0.15) is 5.76 Å². The molecule has 6 heteroatoms. The highest BCUT2D eigenvalue weighted by Crippen LogP contribution is 2.18. The number of aryl methyl sites for hydroxylation is 2. The highest BCUT2D eigenvalue weighted by atomic mass is 32.1. The second-order valence-electron chi connectivity index (χ2n) is 5.79. The molecule has 0 aliphatic carbocycles. The minimum absolute atomic E-state index is 0.0592. The zero-order chi connectivity index (χ0) is 15.5. The van der Waals surface area contributed by atoms with Crippen molar-refractivity contribution in [2.75, 3.05) is 13.1 Å². The van der Waals surface area contributed by atoms with E-state index in [1.807, 2.05) is 26.0 Å². The lowest BCUT2D eigenvalue weighted by Gasteiger charge is -2.31. The highest BCUT2D eigenvalue weighted by Gasteiger charge is 2.22. The minimum atomic E-state index is 0.0592. The van der Waals surface area contributed by atoms with E-state index in [2.05, 4.69) is 15.2 Å². The topological polar surface area (TPSA) is 58.4 Å². The summed E-state index contributed by atoms with van der Waals surface area (Å²) in [5.41, 5.74) is 1.01. The van der Waals surface area contributed by atoms with Crippen LogP contribution in [0.15, 0.2) is 22.9 Å². The summed E-state index contributed by atoms with van der Waals surface area (Å²) in [7, 11) is 0. The molecule has 1 aliphatic rings. The molecular formula is C16H21N3O2S. The van der Waals surface area contributed by atoms with Crippen LogP contribution in [-0.2, 0) is 6.54 Å². The Hall–Kier alpha value is -1.66. The van der Waals surface area contributed by atoms with Crippen LogP contribution < -0.4 is 5.32 Å². The Balaban J connectivity index is 1.47. The van der Waals surface area contributed by atoms with Crippen LogP contribution in [0.3, 0.4) is 0 Å². The predicted octanol–water partition coefficient (Wildman–Crippen LogP) is 2.75. The number of hydrogen-bond acceptors (Lipinski definition) is 5. The molecule has 0 aromatic carbocycles. The maximum Gasteiger partial charge on any atom is 0.261 e. The molecule has 1 amide bonds. The Morgan fingerprint density at radius 1 is 1.41 bits per heavy atom. The van der Waals surface area contributed by atoms with Crippen LogP contribution in [0.2, 0.25) is 0 Å². The van der Waals surface area contributed by atoms with E-state index in [1.165, 1.54) is 11.3 Å². The number of nitrogens with zero attached hydrogens (tertiary/aromatic N) is 2. The Morgan fingerprint density at radius 2 is 2.18 bits per heavy atom. The Labute approximate surface area is 134 Å². The molecule has 0 saturated carbocycles. The SMILES string of the molecule is Cc1ccc(C(=O)NC2CCN(Cc3ncoc3C)CC2)s1. The molecule has 0 atom stereocenters. The summed E-state index contributed by atoms with van der Waals surface area (Å²) in [5.74, 6) is 0.951. The molecule has 118 valence electrons. The fraction of sp³-hybridized carbons (Fsp3) is 0.500. The first-order valence-electron chi connectivity index (χ1n) is 7.60. The fourth-order valence-electron chi connectivity index (χ4n) is 2.74. The quantitative estimate of drug-likeness (QED) is 0.941. The summed E-state index contributed by atoms with van der Waals surface area (Å²) >= 11 is 1.55. The molecular weight excluding hydrogens is 298 g/mol. The van der Waals surface area contributed by atoms with Gasteiger partial charge in [0, 0.05) is 30.6 Å². The van der Waals surface area contributed by atoms with Crippen molar-refractivity contribution in [3.8, 4) is 0 Å². The number of hydrogen-bond donors (Lipinski definition) is 1. The van der Waals surface area contributed by atoms with Crippen LogP contribution in [0, 0.1) is 13.8 Å². The van der Waals surface area contributed by atoms with E-state index in [-0.39, 0.29) is 11.9 Å². The number of amides is 1. The summed E-state index contributed by atoms with van der Waals surface area (Å²) in [6, 6.07) is 4.16. The van der Waals surface area contributed by atoms with Gasteiger partial charge < -0.3 is 9.73 Å². The van der Waals surface area contributed by atoms with E-state index < -0.39 is 0 Å². The largest absolute Gasteiger partial charge is 0.448 e. The summed E-state index contributed by atoms with van der Waals surface area (Å²) in [5, 5.41) is 3.15. The average molecular weight is 319 g/mol. The molecule has 2 aromatic rings. The van der Waals surface area contributed by atoms with Crippen molar-refractivity contribution in [3.63, 3.8) is 0 Å². The maximum atomic E-state index is 12.2. The van der Waals surface area contributed by atoms with E-state index >= 15 is 0 Å². The molecule has 22 heavy (non-hydrogen) atoms. The standard InChI is InChI=1S/C16H21N3O2S/c1-11-3-4-15(22-11)16(20)18-13-5-7-19(8-6-13)9-14-12(2)21-10-17-14/h3-4,10,13H,5-9H2,1-2H3,(H,18,20). The number of nitrogens with one attached hydrogen (secondary N) is 1. The molecule has 5 nitrogen and oxygen atoms in total. The Morgan fingerprint density at radius 3 is 2.77 bits per heavy atom. The van der Waals surface area contributed by atoms with Crippen molar-refractivity contribution in [1.29, 1.82) is 0 Å². The lowest BCUT2D eigenvalue weighted by Crippen LogP contribution is -2.44. The van der Waals surface area contributed by atoms with Crippen LogP contribution in [0.1, 0.15) is 38.8 Å². The van der Waals surface area contributed by atoms with Gasteiger partial charge in [0.05, 0.1) is 10.6 Å². The summed E-state index contributed by atoms with van der Waals surface area (Å²) in [4.78, 5) is 20.8. The third-order valence-corrected chi connectivity index (χ3v) is 5.10. The van der Waals surface area contributed by atoms with E-state index in [0.717, 1.165) is 48.8 Å². The number of aromatic nitrogens is 1. The first-order chi connectivity index (χ1) is 10.6. The molecule has 0 bridgehead atoms. The third kappa shape index (κ3) is 3.56. The fourth-order valence-corrected chi connectivity index (χ4v) is 3.51. The first-order valence-corrected chi connectivity index (χ1v) is 8.42. The second-order valence-corrected chi connectivity index (χ2v) is 7.08. The van der Waals surface area contributed by atoms with Gasteiger partial charge in [-0.25, -0.2) is 4.98 Å². The van der Waals surface area contributed by atoms with E-state index in [1.54, 1.807) is 11.3 Å². The van der Waals surface area contributed by atoms with Crippen molar-refractivity contribution in [2.45, 2.75) is 39.3 Å². The molecule has 1 fully saturated rings. The van der Waals surface area contributed by atoms with Crippen molar-refractivity contribution in [1.82, 2.24) is 15.2 Å². The lowest BCUT2D eigenvalue weighted by atomic mass is 10.0. The van der Waals surface area contributed by atoms with Gasteiger partial charge in [0.15, 0.2) is 6.39 Å². The lowest BCUT2D eigenvalue weighted by molar-refractivity contribution is 0.0912. The van der Waals surface area contributed by atoms with Gasteiger partial charge >= 0.3 is 0 Å². The monoisotopic (exact) mass is 319 g/mol. The van der Waals surface area contributed by atoms with Crippen LogP contribution in [0.4, 0.5) is 0 Å². The zero-order valence-corrected chi connectivity index (χ0v) is 13.8. The number of thiophene rings is 1. The summed E-state index contributed by atoms with van der Waals surface area (Å²) < 4.78 is 5.24. The molecule has 0 spiro atoms. The molecule has 1 saturated heterocycles. The van der Waals surface area contributed by atoms with Crippen LogP contribution >= 0.6 is 11.3 Å². The predicted molar refractivity (Wildman–Crippen MR) is 86.1 cm³/mol. The Bertz CT molecular complexity index is 641. The average Bonchev–Trinajstić information content (AvgIpc) is 3.10. The maximum absolute atomic E-state index is 12.2. The number of carbonyl (C=O) groups excluding carboxylic acids is 1. The first kappa shape index (κ1) is 15.2. The second kappa shape index (κ2) is 6.62. The Kier molecular flexibility index (Phi) is 4.59. The van der Waals surface area contributed by atoms with E-state index in [0.29, 0.717) is 0 Å². The zero-order valence-electron chi connectivity index (χ0n) is 13.0. The van der Waals surface area contributed by atoms with Crippen molar-refractivity contribution in [3.05, 3.63) is 39.7 Å². The van der Waals surface area contributed by atoms with Gasteiger partial charge in [0.2, 0.25) is 0 Å². The van der Waals surface area contributed by atoms with Crippen molar-refractivity contribution >= 4 is 17.2 Å². The van der Waals surface area contributed by atoms with Crippen LogP contribution in [0.5, 0.6) is 0 Å². The number of oxazole rings is 1. The van der Waals surface area contributed by atoms with Crippen LogP contribution in [-0.4, -0.2) is 34.9 Å². The summed E-state index contributed by atoms with van der Waals surface area (Å²) in [6.07, 6.45) is 3.46. The van der Waals surface area contributed by atoms with Gasteiger partial charge in [-0.1, -0.05) is 0 Å². The molecule has 1 aliphatic heterocycles. The van der Waals surface area contributed by atoms with Crippen molar-refractivity contribution < 1.29 is 9.21 Å². The molecule has 3 heterocycles. The molecule has 0 unspecified atom stereocenters. The third-order valence-electron chi connectivity index (χ3n) is 4.10. The molecule has 0 radical (unpaired) electrons.